The normalized spacial score (nSPS) is 31.9. The molecule has 0 saturated heterocycles. The lowest BCUT2D eigenvalue weighted by molar-refractivity contribution is -0.198. The van der Waals surface area contributed by atoms with E-state index in [-0.39, 0.29) is 17.5 Å². The molecule has 0 fully saturated rings. The SMILES string of the molecule is CO[C@]1(O[Si](C)(C)C)C=CC[C@]2(OC(C)=O)C(=O)c3ccccc3C(=O)[C@]12Cl. The maximum Gasteiger partial charge on any atom is 0.303 e. The smallest absolute Gasteiger partial charge is 0.303 e. The van der Waals surface area contributed by atoms with Gasteiger partial charge in [-0.05, 0) is 25.7 Å². The number of hydrogen-bond acceptors (Lipinski definition) is 6. The van der Waals surface area contributed by atoms with Gasteiger partial charge < -0.3 is 13.9 Å². The van der Waals surface area contributed by atoms with Crippen molar-refractivity contribution in [1.82, 2.24) is 0 Å². The number of ketones is 2. The lowest BCUT2D eigenvalue weighted by atomic mass is 9.62. The summed E-state index contributed by atoms with van der Waals surface area (Å²) in [5.74, 6) is -3.61. The maximum absolute atomic E-state index is 13.7. The number of ether oxygens (including phenoxy) is 2. The molecule has 1 aromatic carbocycles. The zero-order valence-electron chi connectivity index (χ0n) is 16.5. The molecule has 0 N–H and O–H groups in total. The van der Waals surface area contributed by atoms with Crippen molar-refractivity contribution in [3.63, 3.8) is 0 Å². The van der Waals surface area contributed by atoms with E-state index in [0.29, 0.717) is 0 Å². The van der Waals surface area contributed by atoms with Crippen molar-refractivity contribution in [3.8, 4) is 0 Å². The maximum atomic E-state index is 13.7. The van der Waals surface area contributed by atoms with Crippen molar-refractivity contribution >= 4 is 37.5 Å². The minimum Gasteiger partial charge on any atom is -0.448 e. The van der Waals surface area contributed by atoms with Crippen LogP contribution in [0.4, 0.5) is 0 Å². The fourth-order valence-corrected chi connectivity index (χ4v) is 5.76. The number of alkyl halides is 1. The van der Waals surface area contributed by atoms with Crippen molar-refractivity contribution in [1.29, 1.82) is 0 Å². The van der Waals surface area contributed by atoms with Crippen LogP contribution in [0, 0.1) is 0 Å². The fourth-order valence-electron chi connectivity index (χ4n) is 4.00. The predicted octanol–water partition coefficient (Wildman–Crippen LogP) is 3.50. The van der Waals surface area contributed by atoms with Crippen LogP contribution < -0.4 is 0 Å². The van der Waals surface area contributed by atoms with Crippen molar-refractivity contribution in [2.75, 3.05) is 7.11 Å². The van der Waals surface area contributed by atoms with Gasteiger partial charge in [0.25, 0.3) is 0 Å². The van der Waals surface area contributed by atoms with Crippen LogP contribution in [0.2, 0.25) is 19.6 Å². The van der Waals surface area contributed by atoms with E-state index in [1.807, 2.05) is 19.6 Å². The Morgan fingerprint density at radius 2 is 1.68 bits per heavy atom. The summed E-state index contributed by atoms with van der Waals surface area (Å²) in [6.45, 7) is 6.91. The van der Waals surface area contributed by atoms with Crippen LogP contribution in [-0.2, 0) is 18.7 Å². The average molecular weight is 423 g/mol. The number of fused-ring (bicyclic) bond motifs is 2. The number of carbonyl (C=O) groups is 3. The number of hydrogen-bond donors (Lipinski definition) is 0. The van der Waals surface area contributed by atoms with Crippen molar-refractivity contribution < 1.29 is 28.3 Å². The Balaban J connectivity index is 2.38. The van der Waals surface area contributed by atoms with Gasteiger partial charge in [0, 0.05) is 31.6 Å². The first-order valence-electron chi connectivity index (χ1n) is 8.94. The van der Waals surface area contributed by atoms with Crippen LogP contribution in [0.15, 0.2) is 36.4 Å². The number of carbonyl (C=O) groups excluding carboxylic acids is 3. The quantitative estimate of drug-likeness (QED) is 0.243. The van der Waals surface area contributed by atoms with E-state index >= 15 is 0 Å². The zero-order valence-corrected chi connectivity index (χ0v) is 18.3. The topological polar surface area (TPSA) is 78.9 Å². The van der Waals surface area contributed by atoms with E-state index in [4.69, 9.17) is 25.5 Å². The molecule has 0 bridgehead atoms. The highest BCUT2D eigenvalue weighted by Crippen LogP contribution is 2.56. The molecule has 1 aromatic rings. The van der Waals surface area contributed by atoms with Gasteiger partial charge in [0.2, 0.25) is 22.0 Å². The lowest BCUT2D eigenvalue weighted by Crippen LogP contribution is -2.77. The number of halogens is 1. The van der Waals surface area contributed by atoms with Gasteiger partial charge in [0.1, 0.15) is 0 Å². The van der Waals surface area contributed by atoms with Crippen LogP contribution in [0.1, 0.15) is 34.1 Å². The fraction of sp³-hybridized carbons (Fsp3) is 0.450. The zero-order chi connectivity index (χ0) is 21.0. The molecule has 6 nitrogen and oxygen atoms in total. The number of benzene rings is 1. The van der Waals surface area contributed by atoms with E-state index in [1.165, 1.54) is 26.2 Å². The Bertz CT molecular complexity index is 891. The summed E-state index contributed by atoms with van der Waals surface area (Å²) in [5.41, 5.74) is -1.66. The minimum absolute atomic E-state index is 0.0604. The molecule has 28 heavy (non-hydrogen) atoms. The summed E-state index contributed by atoms with van der Waals surface area (Å²) >= 11 is 7.05. The number of esters is 1. The number of rotatable bonds is 4. The monoisotopic (exact) mass is 422 g/mol. The summed E-state index contributed by atoms with van der Waals surface area (Å²) in [6.07, 6.45) is 3.11. The molecule has 0 unspecified atom stereocenters. The van der Waals surface area contributed by atoms with Crippen LogP contribution >= 0.6 is 11.6 Å². The summed E-state index contributed by atoms with van der Waals surface area (Å²) in [4.78, 5) is 37.2. The molecule has 0 amide bonds. The number of methoxy groups -OCH3 is 1. The second-order valence-electron chi connectivity index (χ2n) is 7.98. The Kier molecular flexibility index (Phi) is 4.95. The average Bonchev–Trinajstić information content (AvgIpc) is 2.61. The molecule has 0 aromatic heterocycles. The largest absolute Gasteiger partial charge is 0.448 e. The molecule has 3 atom stereocenters. The number of Topliss-reactive ketones (excluding diaryl/α,β-unsaturated/α-hetero) is 2. The first kappa shape index (κ1) is 20.9. The molecule has 0 heterocycles. The van der Waals surface area contributed by atoms with Crippen molar-refractivity contribution in [2.24, 2.45) is 0 Å². The molecule has 0 saturated carbocycles. The van der Waals surface area contributed by atoms with E-state index in [0.717, 1.165) is 0 Å². The Morgan fingerprint density at radius 1 is 1.11 bits per heavy atom. The molecular weight excluding hydrogens is 400 g/mol. The second-order valence-corrected chi connectivity index (χ2v) is 13.0. The summed E-state index contributed by atoms with van der Waals surface area (Å²) in [6, 6.07) is 6.36. The van der Waals surface area contributed by atoms with Gasteiger partial charge in [-0.25, -0.2) is 0 Å². The Hall–Kier alpha value is -1.80. The Labute approximate surface area is 169 Å². The standard InChI is InChI=1S/C20H23ClO6Si/c1-13(22)26-18-11-8-12-19(25-2,27-28(3,4)5)20(18,21)17(24)15-10-7-6-9-14(15)16(18)23/h6-10,12H,11H2,1-5H3/t18-,19-,20+/m0/s1. The van der Waals surface area contributed by atoms with Crippen LogP contribution in [0.25, 0.3) is 0 Å². The Morgan fingerprint density at radius 3 is 2.18 bits per heavy atom. The minimum atomic E-state index is -2.34. The van der Waals surface area contributed by atoms with E-state index in [1.54, 1.807) is 24.3 Å². The van der Waals surface area contributed by atoms with Crippen molar-refractivity contribution in [3.05, 3.63) is 47.5 Å². The molecule has 0 radical (unpaired) electrons. The molecule has 2 aliphatic rings. The summed E-state index contributed by atoms with van der Waals surface area (Å²) in [5, 5.41) is 0. The van der Waals surface area contributed by atoms with Gasteiger partial charge in [0.05, 0.1) is 0 Å². The van der Waals surface area contributed by atoms with Crippen LogP contribution in [0.3, 0.4) is 0 Å². The van der Waals surface area contributed by atoms with Crippen LogP contribution in [0.5, 0.6) is 0 Å². The lowest BCUT2D eigenvalue weighted by Gasteiger charge is -2.56. The highest BCUT2D eigenvalue weighted by atomic mass is 35.5. The molecule has 150 valence electrons. The highest BCUT2D eigenvalue weighted by Gasteiger charge is 2.76. The van der Waals surface area contributed by atoms with E-state index < -0.39 is 42.1 Å². The third-order valence-corrected chi connectivity index (χ3v) is 6.61. The first-order chi connectivity index (χ1) is 12.9. The summed E-state index contributed by atoms with van der Waals surface area (Å²) in [7, 11) is -0.984. The van der Waals surface area contributed by atoms with Gasteiger partial charge in [-0.3, -0.25) is 14.4 Å². The van der Waals surface area contributed by atoms with Gasteiger partial charge in [-0.2, -0.15) is 0 Å². The van der Waals surface area contributed by atoms with Gasteiger partial charge in [-0.1, -0.05) is 41.9 Å². The highest BCUT2D eigenvalue weighted by molar-refractivity contribution is 6.70. The molecule has 2 aliphatic carbocycles. The molecular formula is C20H23ClO6Si. The van der Waals surface area contributed by atoms with E-state index in [2.05, 4.69) is 0 Å². The molecule has 8 heteroatoms. The van der Waals surface area contributed by atoms with Gasteiger partial charge in [-0.15, -0.1) is 0 Å². The van der Waals surface area contributed by atoms with Crippen molar-refractivity contribution in [2.45, 2.75) is 49.2 Å². The first-order valence-corrected chi connectivity index (χ1v) is 12.7. The molecule has 0 spiro atoms. The van der Waals surface area contributed by atoms with E-state index in [9.17, 15) is 14.4 Å². The predicted molar refractivity (Wildman–Crippen MR) is 106 cm³/mol. The summed E-state index contributed by atoms with van der Waals surface area (Å²) < 4.78 is 17.5. The van der Waals surface area contributed by atoms with Crippen LogP contribution in [-0.4, -0.2) is 49.2 Å². The second kappa shape index (κ2) is 6.62. The van der Waals surface area contributed by atoms with Gasteiger partial charge in [0.15, 0.2) is 14.1 Å². The third-order valence-electron chi connectivity index (χ3n) is 4.95. The molecule has 3 rings (SSSR count). The third kappa shape index (κ3) is 2.72. The molecule has 0 aliphatic heterocycles. The van der Waals surface area contributed by atoms with Gasteiger partial charge >= 0.3 is 5.97 Å².